The first-order valence-corrected chi connectivity index (χ1v) is 4.37. The van der Waals surface area contributed by atoms with Crippen LogP contribution in [0.5, 0.6) is 0 Å². The molecule has 1 N–H and O–H groups in total. The van der Waals surface area contributed by atoms with E-state index >= 15 is 0 Å². The minimum Gasteiger partial charge on any atom is -0.354 e. The molecule has 1 aromatic carbocycles. The number of pyridine rings is 1. The van der Waals surface area contributed by atoms with Crippen LogP contribution in [-0.4, -0.2) is 12.8 Å². The Labute approximate surface area is 84.4 Å². The average Bonchev–Trinajstić information content (AvgIpc) is 2.19. The summed E-state index contributed by atoms with van der Waals surface area (Å²) in [7, 11) is 5.61. The Morgan fingerprint density at radius 1 is 1.00 bits per heavy atom. The standard InChI is InChI=1S/C11H9BN2/c12-9-6-11(8-13-7-9)14-10-4-2-1-3-5-10/h1-8,14H. The van der Waals surface area contributed by atoms with Gasteiger partial charge in [-0.25, -0.2) is 0 Å². The SMILES string of the molecule is [B]c1cncc(Nc2ccccc2)c1. The number of hydrogen-bond acceptors (Lipinski definition) is 2. The van der Waals surface area contributed by atoms with Gasteiger partial charge in [-0.1, -0.05) is 23.7 Å². The lowest BCUT2D eigenvalue weighted by molar-refractivity contribution is 1.34. The molecular weight excluding hydrogens is 171 g/mol. The predicted octanol–water partition coefficient (Wildman–Crippen LogP) is 1.62. The molecule has 0 aliphatic heterocycles. The van der Waals surface area contributed by atoms with Gasteiger partial charge in [0.1, 0.15) is 7.85 Å². The van der Waals surface area contributed by atoms with Crippen LogP contribution >= 0.6 is 0 Å². The van der Waals surface area contributed by atoms with Crippen LogP contribution in [0.1, 0.15) is 0 Å². The maximum absolute atomic E-state index is 5.61. The van der Waals surface area contributed by atoms with E-state index in [9.17, 15) is 0 Å². The highest BCUT2D eigenvalue weighted by atomic mass is 14.9. The van der Waals surface area contributed by atoms with E-state index in [2.05, 4.69) is 10.3 Å². The van der Waals surface area contributed by atoms with Crippen molar-refractivity contribution in [3.63, 3.8) is 0 Å². The number of benzene rings is 1. The zero-order valence-corrected chi connectivity index (χ0v) is 7.64. The molecule has 66 valence electrons. The number of rotatable bonds is 2. The van der Waals surface area contributed by atoms with Gasteiger partial charge in [0.25, 0.3) is 0 Å². The summed E-state index contributed by atoms with van der Waals surface area (Å²) < 4.78 is 0. The van der Waals surface area contributed by atoms with Gasteiger partial charge in [0.15, 0.2) is 0 Å². The topological polar surface area (TPSA) is 24.9 Å². The van der Waals surface area contributed by atoms with Gasteiger partial charge in [0.2, 0.25) is 0 Å². The summed E-state index contributed by atoms with van der Waals surface area (Å²) in [6.45, 7) is 0. The van der Waals surface area contributed by atoms with Crippen LogP contribution in [0.25, 0.3) is 0 Å². The summed E-state index contributed by atoms with van der Waals surface area (Å²) >= 11 is 0. The molecule has 0 fully saturated rings. The second kappa shape index (κ2) is 3.96. The monoisotopic (exact) mass is 180 g/mol. The summed E-state index contributed by atoms with van der Waals surface area (Å²) in [6, 6.07) is 11.7. The molecule has 0 atom stereocenters. The largest absolute Gasteiger partial charge is 0.354 e. The van der Waals surface area contributed by atoms with Crippen molar-refractivity contribution in [2.24, 2.45) is 0 Å². The van der Waals surface area contributed by atoms with Gasteiger partial charge >= 0.3 is 0 Å². The zero-order valence-electron chi connectivity index (χ0n) is 7.64. The minimum atomic E-state index is 0.658. The van der Waals surface area contributed by atoms with E-state index in [1.165, 1.54) is 0 Å². The first-order chi connectivity index (χ1) is 6.84. The van der Waals surface area contributed by atoms with E-state index < -0.39 is 0 Å². The normalized spacial score (nSPS) is 9.71. The van der Waals surface area contributed by atoms with Gasteiger partial charge in [-0.2, -0.15) is 0 Å². The molecule has 1 heterocycles. The van der Waals surface area contributed by atoms with Crippen LogP contribution in [0.2, 0.25) is 0 Å². The lowest BCUT2D eigenvalue weighted by Crippen LogP contribution is -2.04. The highest BCUT2D eigenvalue weighted by Crippen LogP contribution is 2.12. The fourth-order valence-corrected chi connectivity index (χ4v) is 1.21. The number of hydrogen-bond donors (Lipinski definition) is 1. The molecule has 0 saturated heterocycles. The van der Waals surface area contributed by atoms with Crippen LogP contribution < -0.4 is 10.8 Å². The van der Waals surface area contributed by atoms with Crippen LogP contribution in [0.15, 0.2) is 48.8 Å². The molecule has 0 spiro atoms. The van der Waals surface area contributed by atoms with Crippen LogP contribution in [0.3, 0.4) is 0 Å². The summed E-state index contributed by atoms with van der Waals surface area (Å²) in [5, 5.41) is 3.20. The van der Waals surface area contributed by atoms with Crippen molar-refractivity contribution >= 4 is 24.7 Å². The summed E-state index contributed by atoms with van der Waals surface area (Å²) in [4.78, 5) is 3.99. The molecule has 1 aromatic heterocycles. The second-order valence-electron chi connectivity index (χ2n) is 3.00. The van der Waals surface area contributed by atoms with Crippen LogP contribution in [0.4, 0.5) is 11.4 Å². The first kappa shape index (κ1) is 8.82. The van der Waals surface area contributed by atoms with Crippen molar-refractivity contribution in [1.82, 2.24) is 4.98 Å². The maximum atomic E-state index is 5.61. The van der Waals surface area contributed by atoms with E-state index in [4.69, 9.17) is 7.85 Å². The van der Waals surface area contributed by atoms with Gasteiger partial charge in [-0.05, 0) is 18.2 Å². The van der Waals surface area contributed by atoms with Crippen molar-refractivity contribution in [1.29, 1.82) is 0 Å². The third-order valence-electron chi connectivity index (χ3n) is 1.82. The molecule has 0 bridgehead atoms. The Kier molecular flexibility index (Phi) is 2.50. The summed E-state index contributed by atoms with van der Waals surface area (Å²) in [5.41, 5.74) is 2.59. The molecular formula is C11H9BN2. The van der Waals surface area contributed by atoms with E-state index in [1.807, 2.05) is 36.4 Å². The van der Waals surface area contributed by atoms with Crippen LogP contribution in [0, 0.1) is 0 Å². The van der Waals surface area contributed by atoms with Crippen molar-refractivity contribution in [2.45, 2.75) is 0 Å². The third kappa shape index (κ3) is 2.13. The van der Waals surface area contributed by atoms with E-state index in [0.717, 1.165) is 11.4 Å². The van der Waals surface area contributed by atoms with Gasteiger partial charge in [0, 0.05) is 11.9 Å². The quantitative estimate of drug-likeness (QED) is 0.710. The molecule has 0 aliphatic rings. The minimum absolute atomic E-state index is 0.658. The average molecular weight is 180 g/mol. The van der Waals surface area contributed by atoms with Crippen molar-refractivity contribution in [3.8, 4) is 0 Å². The molecule has 2 nitrogen and oxygen atoms in total. The number of aromatic nitrogens is 1. The van der Waals surface area contributed by atoms with Gasteiger partial charge in [-0.15, -0.1) is 0 Å². The third-order valence-corrected chi connectivity index (χ3v) is 1.82. The van der Waals surface area contributed by atoms with Crippen molar-refractivity contribution in [3.05, 3.63) is 48.8 Å². The van der Waals surface area contributed by atoms with E-state index in [1.54, 1.807) is 12.4 Å². The maximum Gasteiger partial charge on any atom is 0.116 e. The van der Waals surface area contributed by atoms with E-state index in [0.29, 0.717) is 5.46 Å². The number of anilines is 2. The van der Waals surface area contributed by atoms with Gasteiger partial charge < -0.3 is 5.32 Å². The van der Waals surface area contributed by atoms with Crippen molar-refractivity contribution in [2.75, 3.05) is 5.32 Å². The van der Waals surface area contributed by atoms with E-state index in [-0.39, 0.29) is 0 Å². The molecule has 0 aliphatic carbocycles. The van der Waals surface area contributed by atoms with Crippen molar-refractivity contribution < 1.29 is 0 Å². The molecule has 2 rings (SSSR count). The fraction of sp³-hybridized carbons (Fsp3) is 0. The Bertz CT molecular complexity index is 415. The fourth-order valence-electron chi connectivity index (χ4n) is 1.21. The molecule has 0 unspecified atom stereocenters. The highest BCUT2D eigenvalue weighted by molar-refractivity contribution is 6.32. The molecule has 0 saturated carbocycles. The molecule has 0 amide bonds. The molecule has 2 aromatic rings. The predicted molar refractivity (Wildman–Crippen MR) is 59.3 cm³/mol. The lowest BCUT2D eigenvalue weighted by atomic mass is 9.99. The Balaban J connectivity index is 2.19. The summed E-state index contributed by atoms with van der Waals surface area (Å²) in [6.07, 6.45) is 3.36. The Morgan fingerprint density at radius 2 is 1.79 bits per heavy atom. The first-order valence-electron chi connectivity index (χ1n) is 4.37. The zero-order chi connectivity index (χ0) is 9.80. The molecule has 3 heteroatoms. The molecule has 2 radical (unpaired) electrons. The van der Waals surface area contributed by atoms with Gasteiger partial charge in [0.05, 0.1) is 11.9 Å². The summed E-state index contributed by atoms with van der Waals surface area (Å²) in [5.74, 6) is 0. The number of para-hydroxylation sites is 1. The Hall–Kier alpha value is -1.77. The smallest absolute Gasteiger partial charge is 0.116 e. The highest BCUT2D eigenvalue weighted by Gasteiger charge is 1.93. The Morgan fingerprint density at radius 3 is 2.50 bits per heavy atom. The van der Waals surface area contributed by atoms with Gasteiger partial charge in [-0.3, -0.25) is 4.98 Å². The number of nitrogens with one attached hydrogen (secondary N) is 1. The number of nitrogens with zero attached hydrogens (tertiary/aromatic N) is 1. The second-order valence-corrected chi connectivity index (χ2v) is 3.00. The van der Waals surface area contributed by atoms with Crippen LogP contribution in [-0.2, 0) is 0 Å². The lowest BCUT2D eigenvalue weighted by Gasteiger charge is -2.05. The molecule has 14 heavy (non-hydrogen) atoms.